The predicted octanol–water partition coefficient (Wildman–Crippen LogP) is 10.5. The van der Waals surface area contributed by atoms with Gasteiger partial charge in [-0.3, -0.25) is 4.99 Å². The molecular formula is C42H38N2. The number of fused-ring (bicyclic) bond motifs is 3. The molecule has 2 nitrogen and oxygen atoms in total. The number of hydrogen-bond donors (Lipinski definition) is 0. The third-order valence-electron chi connectivity index (χ3n) is 9.88. The van der Waals surface area contributed by atoms with Crippen LogP contribution in [0.5, 0.6) is 0 Å². The largest absolute Gasteiger partial charge is 0.345 e. The van der Waals surface area contributed by atoms with Crippen molar-refractivity contribution in [2.45, 2.75) is 51.2 Å². The fraction of sp³-hybridized carbons (Fsp3) is 0.214. The van der Waals surface area contributed by atoms with Crippen LogP contribution in [0.15, 0.2) is 139 Å². The van der Waals surface area contributed by atoms with Crippen molar-refractivity contribution in [3.05, 3.63) is 139 Å². The lowest BCUT2D eigenvalue weighted by Gasteiger charge is -2.39. The van der Waals surface area contributed by atoms with E-state index in [1.54, 1.807) is 0 Å². The lowest BCUT2D eigenvalue weighted by atomic mass is 9.82. The minimum Gasteiger partial charge on any atom is -0.345 e. The predicted molar refractivity (Wildman–Crippen MR) is 188 cm³/mol. The highest BCUT2D eigenvalue weighted by Crippen LogP contribution is 2.44. The van der Waals surface area contributed by atoms with Gasteiger partial charge in [0.25, 0.3) is 0 Å². The molecule has 1 heterocycles. The monoisotopic (exact) mass is 570 g/mol. The molecule has 0 radical (unpaired) electrons. The molecule has 5 aromatic rings. The van der Waals surface area contributed by atoms with Gasteiger partial charge in [-0.15, -0.1) is 0 Å². The molecule has 2 heteroatoms. The molecular weight excluding hydrogens is 532 g/mol. The van der Waals surface area contributed by atoms with Crippen LogP contribution in [0.1, 0.15) is 38.7 Å². The Bertz CT molecular complexity index is 1920. The first-order valence-corrected chi connectivity index (χ1v) is 16.2. The fourth-order valence-corrected chi connectivity index (χ4v) is 7.83. The highest BCUT2D eigenvalue weighted by atomic mass is 15.3. The van der Waals surface area contributed by atoms with Crippen LogP contribution in [-0.2, 0) is 0 Å². The summed E-state index contributed by atoms with van der Waals surface area (Å²) >= 11 is 0. The van der Waals surface area contributed by atoms with Crippen molar-refractivity contribution in [3.63, 3.8) is 0 Å². The zero-order valence-corrected chi connectivity index (χ0v) is 25.5. The maximum absolute atomic E-state index is 5.18. The second-order valence-electron chi connectivity index (χ2n) is 12.5. The Morgan fingerprint density at radius 3 is 1.89 bits per heavy atom. The van der Waals surface area contributed by atoms with E-state index in [4.69, 9.17) is 4.99 Å². The molecule has 0 bridgehead atoms. The average Bonchev–Trinajstić information content (AvgIpc) is 3.46. The van der Waals surface area contributed by atoms with Gasteiger partial charge in [-0.1, -0.05) is 147 Å². The molecule has 8 rings (SSSR count). The zero-order chi connectivity index (χ0) is 29.6. The minimum atomic E-state index is 0.315. The lowest BCUT2D eigenvalue weighted by molar-refractivity contribution is 0.258. The summed E-state index contributed by atoms with van der Waals surface area (Å²) in [6.45, 7) is 4.63. The Kier molecular flexibility index (Phi) is 6.79. The maximum Gasteiger partial charge on any atom is 0.100 e. The molecule has 44 heavy (non-hydrogen) atoms. The van der Waals surface area contributed by atoms with Crippen LogP contribution in [0.2, 0.25) is 0 Å². The molecule has 3 aliphatic rings. The molecule has 4 unspecified atom stereocenters. The van der Waals surface area contributed by atoms with E-state index in [2.05, 4.69) is 152 Å². The van der Waals surface area contributed by atoms with Crippen molar-refractivity contribution in [3.8, 4) is 22.3 Å². The van der Waals surface area contributed by atoms with Crippen LogP contribution < -0.4 is 0 Å². The Balaban J connectivity index is 1.23. The molecule has 0 saturated heterocycles. The van der Waals surface area contributed by atoms with E-state index < -0.39 is 0 Å². The van der Waals surface area contributed by atoms with Gasteiger partial charge in [0.05, 0.1) is 18.1 Å². The molecule has 0 N–H and O–H groups in total. The van der Waals surface area contributed by atoms with Crippen molar-refractivity contribution < 1.29 is 0 Å². The van der Waals surface area contributed by atoms with Gasteiger partial charge >= 0.3 is 0 Å². The van der Waals surface area contributed by atoms with Crippen LogP contribution in [-0.4, -0.2) is 28.9 Å². The molecule has 1 aliphatic heterocycles. The molecule has 2 aliphatic carbocycles. The average molecular weight is 571 g/mol. The molecule has 0 aromatic heterocycles. The van der Waals surface area contributed by atoms with Crippen LogP contribution in [0, 0.1) is 5.92 Å². The number of aliphatic imine (C=N–C) groups is 1. The standard InChI is InChI=1S/C42H38N2/c1-3-40-43-37-19-11-12-20-39(37)44(40)38-26-25-32(27-28(38)2)42-35-17-9-7-15-33(35)41(34-16-8-10-18-36(34)42)31-23-21-30(22-24-31)29-13-5-4-6-14-29/h4-10,12-18,20-28,37-39H,3,11,19H2,1-2H3. The number of nitrogens with zero attached hydrogens (tertiary/aromatic N) is 2. The van der Waals surface area contributed by atoms with E-state index >= 15 is 0 Å². The van der Waals surface area contributed by atoms with Gasteiger partial charge in [0.1, 0.15) is 5.84 Å². The van der Waals surface area contributed by atoms with E-state index in [-0.39, 0.29) is 0 Å². The Morgan fingerprint density at radius 2 is 1.25 bits per heavy atom. The minimum absolute atomic E-state index is 0.315. The number of amidine groups is 1. The van der Waals surface area contributed by atoms with E-state index in [9.17, 15) is 0 Å². The molecule has 216 valence electrons. The fourth-order valence-electron chi connectivity index (χ4n) is 7.83. The Labute approximate surface area is 260 Å². The van der Waals surface area contributed by atoms with E-state index in [0.717, 1.165) is 19.3 Å². The molecule has 0 saturated carbocycles. The van der Waals surface area contributed by atoms with Crippen LogP contribution in [0.25, 0.3) is 49.4 Å². The number of allylic oxidation sites excluding steroid dienone is 3. The van der Waals surface area contributed by atoms with Crippen LogP contribution >= 0.6 is 0 Å². The number of benzene rings is 5. The molecule has 0 fully saturated rings. The van der Waals surface area contributed by atoms with Crippen LogP contribution in [0.3, 0.4) is 0 Å². The van der Waals surface area contributed by atoms with Crippen molar-refractivity contribution >= 4 is 33.0 Å². The highest BCUT2D eigenvalue weighted by molar-refractivity contribution is 6.19. The normalized spacial score (nSPS) is 22.7. The summed E-state index contributed by atoms with van der Waals surface area (Å²) in [5.74, 6) is 1.63. The quantitative estimate of drug-likeness (QED) is 0.152. The van der Waals surface area contributed by atoms with Crippen molar-refractivity contribution in [2.24, 2.45) is 10.9 Å². The summed E-state index contributed by atoms with van der Waals surface area (Å²) in [5.41, 5.74) is 7.70. The lowest BCUT2D eigenvalue weighted by Crippen LogP contribution is -2.48. The zero-order valence-electron chi connectivity index (χ0n) is 25.5. The van der Waals surface area contributed by atoms with Gasteiger partial charge < -0.3 is 4.90 Å². The van der Waals surface area contributed by atoms with Gasteiger partial charge in [0, 0.05) is 6.42 Å². The first-order valence-electron chi connectivity index (χ1n) is 16.2. The SMILES string of the molecule is CCC1=NC2CCC=CC2N1C1C=CC(c2c3ccccc3c(-c3ccc(-c4ccccc4)cc3)c3ccccc23)=CC1C. The van der Waals surface area contributed by atoms with Gasteiger partial charge in [-0.25, -0.2) is 0 Å². The highest BCUT2D eigenvalue weighted by Gasteiger charge is 2.39. The van der Waals surface area contributed by atoms with E-state index in [1.165, 1.54) is 60.8 Å². The van der Waals surface area contributed by atoms with Gasteiger partial charge in [0.15, 0.2) is 0 Å². The Morgan fingerprint density at radius 1 is 0.659 bits per heavy atom. The first-order chi connectivity index (χ1) is 21.7. The second-order valence-corrected chi connectivity index (χ2v) is 12.5. The summed E-state index contributed by atoms with van der Waals surface area (Å²) < 4.78 is 0. The van der Waals surface area contributed by atoms with E-state index in [1.807, 2.05) is 0 Å². The molecule has 0 spiro atoms. The first kappa shape index (κ1) is 26.9. The third kappa shape index (κ3) is 4.44. The maximum atomic E-state index is 5.18. The smallest absolute Gasteiger partial charge is 0.100 e. The van der Waals surface area contributed by atoms with Gasteiger partial charge in [-0.2, -0.15) is 0 Å². The summed E-state index contributed by atoms with van der Waals surface area (Å²) in [7, 11) is 0. The molecule has 5 aromatic carbocycles. The third-order valence-corrected chi connectivity index (χ3v) is 9.88. The van der Waals surface area contributed by atoms with Crippen molar-refractivity contribution in [2.75, 3.05) is 0 Å². The van der Waals surface area contributed by atoms with Gasteiger partial charge in [0.2, 0.25) is 0 Å². The van der Waals surface area contributed by atoms with Gasteiger partial charge in [-0.05, 0) is 73.7 Å². The van der Waals surface area contributed by atoms with Crippen molar-refractivity contribution in [1.29, 1.82) is 0 Å². The topological polar surface area (TPSA) is 15.6 Å². The second kappa shape index (κ2) is 11.1. The number of hydrogen-bond acceptors (Lipinski definition) is 2. The Hall–Kier alpha value is -4.69. The van der Waals surface area contributed by atoms with E-state index in [0.29, 0.717) is 24.0 Å². The van der Waals surface area contributed by atoms with Crippen LogP contribution in [0.4, 0.5) is 0 Å². The summed E-state index contributed by atoms with van der Waals surface area (Å²) in [4.78, 5) is 7.79. The summed E-state index contributed by atoms with van der Waals surface area (Å²) in [5, 5.41) is 5.21. The number of rotatable bonds is 5. The summed E-state index contributed by atoms with van der Waals surface area (Å²) in [6, 6.07) is 38.8. The van der Waals surface area contributed by atoms with Crippen molar-refractivity contribution in [1.82, 2.24) is 4.90 Å². The molecule has 4 atom stereocenters. The molecule has 0 amide bonds. The summed E-state index contributed by atoms with van der Waals surface area (Å²) in [6.07, 6.45) is 15.4.